The molecule has 0 atom stereocenters. The van der Waals surface area contributed by atoms with Gasteiger partial charge in [0.25, 0.3) is 0 Å². The minimum Gasteiger partial charge on any atom is -0.370 e. The molecule has 2 aliphatic rings. The summed E-state index contributed by atoms with van der Waals surface area (Å²) >= 11 is 0. The lowest BCUT2D eigenvalue weighted by Crippen LogP contribution is -2.30. The van der Waals surface area contributed by atoms with Crippen molar-refractivity contribution in [1.82, 2.24) is 5.32 Å². The second kappa shape index (κ2) is 6.81. The smallest absolute Gasteiger partial charge is 0.241 e. The van der Waals surface area contributed by atoms with Crippen LogP contribution in [0.4, 0.5) is 5.69 Å². The van der Waals surface area contributed by atoms with Crippen LogP contribution in [0, 0.1) is 5.92 Å². The number of hydrogen-bond acceptors (Lipinski definition) is 2. The van der Waals surface area contributed by atoms with E-state index in [9.17, 15) is 4.79 Å². The van der Waals surface area contributed by atoms with E-state index in [1.165, 1.54) is 36.8 Å². The minimum absolute atomic E-state index is 0.0632. The Kier molecular flexibility index (Phi) is 4.61. The first-order valence-electron chi connectivity index (χ1n) is 8.17. The molecular formula is C17H24N4O. The van der Waals surface area contributed by atoms with Gasteiger partial charge in [0.1, 0.15) is 6.54 Å². The lowest BCUT2D eigenvalue weighted by atomic mass is 9.90. The fourth-order valence-electron chi connectivity index (χ4n) is 2.87. The van der Waals surface area contributed by atoms with Gasteiger partial charge in [-0.25, -0.2) is 4.99 Å². The maximum absolute atomic E-state index is 11.7. The molecule has 1 aromatic carbocycles. The van der Waals surface area contributed by atoms with Crippen molar-refractivity contribution >= 4 is 17.6 Å². The molecule has 0 aliphatic heterocycles. The van der Waals surface area contributed by atoms with Crippen LogP contribution in [-0.2, 0) is 17.6 Å². The highest BCUT2D eigenvalue weighted by atomic mass is 16.1. The number of amides is 1. The average Bonchev–Trinajstić information content (AvgIpc) is 3.36. The molecule has 5 nitrogen and oxygen atoms in total. The molecule has 1 aromatic rings. The first-order chi connectivity index (χ1) is 10.7. The molecule has 1 saturated carbocycles. The van der Waals surface area contributed by atoms with Crippen molar-refractivity contribution in [3.05, 3.63) is 29.3 Å². The normalized spacial score (nSPS) is 17.7. The molecular weight excluding hydrogens is 276 g/mol. The number of aryl methyl sites for hydroxylation is 1. The topological polar surface area (TPSA) is 79.5 Å². The second-order valence-electron chi connectivity index (χ2n) is 6.22. The number of nitrogens with two attached hydrogens (primary N) is 1. The van der Waals surface area contributed by atoms with Crippen LogP contribution in [-0.4, -0.2) is 25.0 Å². The molecule has 4 N–H and O–H groups in total. The highest BCUT2D eigenvalue weighted by molar-refractivity contribution is 5.94. The fourth-order valence-corrected chi connectivity index (χ4v) is 2.87. The van der Waals surface area contributed by atoms with E-state index in [1.54, 1.807) is 0 Å². The van der Waals surface area contributed by atoms with Crippen LogP contribution < -0.4 is 16.4 Å². The molecule has 0 unspecified atom stereocenters. The molecule has 0 radical (unpaired) electrons. The minimum atomic E-state index is -0.0632. The summed E-state index contributed by atoms with van der Waals surface area (Å²) in [6.45, 7) is 0.856. The summed E-state index contributed by atoms with van der Waals surface area (Å²) < 4.78 is 0. The van der Waals surface area contributed by atoms with Gasteiger partial charge in [-0.3, -0.25) is 4.79 Å². The maximum Gasteiger partial charge on any atom is 0.241 e. The Hall–Kier alpha value is -2.04. The van der Waals surface area contributed by atoms with Crippen LogP contribution in [0.25, 0.3) is 0 Å². The van der Waals surface area contributed by atoms with Gasteiger partial charge in [-0.15, -0.1) is 0 Å². The predicted molar refractivity (Wildman–Crippen MR) is 88.9 cm³/mol. The van der Waals surface area contributed by atoms with Gasteiger partial charge >= 0.3 is 0 Å². The number of carbonyl (C=O) groups is 1. The predicted octanol–water partition coefficient (Wildman–Crippen LogP) is 1.82. The van der Waals surface area contributed by atoms with Crippen LogP contribution >= 0.6 is 0 Å². The average molecular weight is 300 g/mol. The molecule has 5 heteroatoms. The molecule has 0 spiro atoms. The number of hydrogen-bond donors (Lipinski definition) is 3. The van der Waals surface area contributed by atoms with Gasteiger partial charge in [0, 0.05) is 12.2 Å². The standard InChI is InChI=1S/C17H24N4O/c18-17(20-11-16(22)19-10-12-8-9-12)21-15-7-3-5-13-4-1-2-6-14(13)15/h3,5,7,12H,1-2,4,6,8-11H2,(H,19,22)(H3,18,20,21). The summed E-state index contributed by atoms with van der Waals surface area (Å²) in [5.74, 6) is 0.923. The second-order valence-corrected chi connectivity index (χ2v) is 6.22. The van der Waals surface area contributed by atoms with E-state index in [0.717, 1.165) is 25.1 Å². The Balaban J connectivity index is 1.55. The molecule has 22 heavy (non-hydrogen) atoms. The van der Waals surface area contributed by atoms with Gasteiger partial charge in [-0.05, 0) is 61.6 Å². The van der Waals surface area contributed by atoms with Crippen LogP contribution in [0.2, 0.25) is 0 Å². The molecule has 0 aromatic heterocycles. The van der Waals surface area contributed by atoms with E-state index in [1.807, 2.05) is 12.1 Å². The summed E-state index contributed by atoms with van der Waals surface area (Å²) in [6.07, 6.45) is 7.13. The van der Waals surface area contributed by atoms with E-state index in [2.05, 4.69) is 21.7 Å². The van der Waals surface area contributed by atoms with E-state index < -0.39 is 0 Å². The molecule has 118 valence electrons. The van der Waals surface area contributed by atoms with Crippen LogP contribution in [0.5, 0.6) is 0 Å². The van der Waals surface area contributed by atoms with Gasteiger partial charge in [0.05, 0.1) is 0 Å². The fraction of sp³-hybridized carbons (Fsp3) is 0.529. The highest BCUT2D eigenvalue weighted by Gasteiger charge is 2.21. The molecule has 0 saturated heterocycles. The Morgan fingerprint density at radius 2 is 2.09 bits per heavy atom. The highest BCUT2D eigenvalue weighted by Crippen LogP contribution is 2.28. The first-order valence-corrected chi connectivity index (χ1v) is 8.17. The summed E-state index contributed by atoms with van der Waals surface area (Å²) in [5, 5.41) is 6.03. The molecule has 1 fully saturated rings. The van der Waals surface area contributed by atoms with Crippen molar-refractivity contribution in [2.75, 3.05) is 18.4 Å². The summed E-state index contributed by atoms with van der Waals surface area (Å²) in [6, 6.07) is 6.25. The zero-order valence-electron chi connectivity index (χ0n) is 12.9. The number of rotatable bonds is 5. The van der Waals surface area contributed by atoms with Crippen LogP contribution in [0.3, 0.4) is 0 Å². The molecule has 1 amide bonds. The monoisotopic (exact) mass is 300 g/mol. The summed E-state index contributed by atoms with van der Waals surface area (Å²) in [5.41, 5.74) is 9.67. The number of carbonyl (C=O) groups excluding carboxylic acids is 1. The number of benzene rings is 1. The summed E-state index contributed by atoms with van der Waals surface area (Å²) in [4.78, 5) is 15.8. The van der Waals surface area contributed by atoms with Crippen molar-refractivity contribution < 1.29 is 4.79 Å². The lowest BCUT2D eigenvalue weighted by molar-refractivity contribution is -0.119. The zero-order valence-corrected chi connectivity index (χ0v) is 12.9. The van der Waals surface area contributed by atoms with E-state index in [0.29, 0.717) is 11.9 Å². The van der Waals surface area contributed by atoms with Crippen LogP contribution in [0.1, 0.15) is 36.8 Å². The van der Waals surface area contributed by atoms with Crippen molar-refractivity contribution in [2.24, 2.45) is 16.6 Å². The quantitative estimate of drug-likeness (QED) is 0.573. The Labute approximate surface area is 131 Å². The molecule has 2 aliphatic carbocycles. The third-order valence-electron chi connectivity index (χ3n) is 4.34. The first kappa shape index (κ1) is 14.9. The van der Waals surface area contributed by atoms with E-state index in [-0.39, 0.29) is 12.5 Å². The molecule has 3 rings (SSSR count). The van der Waals surface area contributed by atoms with E-state index >= 15 is 0 Å². The van der Waals surface area contributed by atoms with Gasteiger partial charge in [-0.2, -0.15) is 0 Å². The molecule has 0 bridgehead atoms. The largest absolute Gasteiger partial charge is 0.370 e. The van der Waals surface area contributed by atoms with Gasteiger partial charge in [0.15, 0.2) is 5.96 Å². The Morgan fingerprint density at radius 1 is 1.27 bits per heavy atom. The van der Waals surface area contributed by atoms with Gasteiger partial charge in [0.2, 0.25) is 5.91 Å². The number of fused-ring (bicyclic) bond motifs is 1. The maximum atomic E-state index is 11.7. The van der Waals surface area contributed by atoms with Crippen molar-refractivity contribution in [3.8, 4) is 0 Å². The number of aliphatic imine (C=N–C) groups is 1. The van der Waals surface area contributed by atoms with Crippen molar-refractivity contribution in [2.45, 2.75) is 38.5 Å². The number of anilines is 1. The Bertz CT molecular complexity index is 578. The number of nitrogens with zero attached hydrogens (tertiary/aromatic N) is 1. The third kappa shape index (κ3) is 4.00. The SMILES string of the molecule is NC(=NCC(=O)NCC1CC1)Nc1cccc2c1CCCC2. The number of guanidine groups is 1. The Morgan fingerprint density at radius 3 is 2.91 bits per heavy atom. The van der Waals surface area contributed by atoms with E-state index in [4.69, 9.17) is 5.73 Å². The van der Waals surface area contributed by atoms with Gasteiger partial charge < -0.3 is 16.4 Å². The number of nitrogens with one attached hydrogen (secondary N) is 2. The summed E-state index contributed by atoms with van der Waals surface area (Å²) in [7, 11) is 0. The van der Waals surface area contributed by atoms with Gasteiger partial charge in [-0.1, -0.05) is 12.1 Å². The third-order valence-corrected chi connectivity index (χ3v) is 4.34. The van der Waals surface area contributed by atoms with Crippen molar-refractivity contribution in [3.63, 3.8) is 0 Å². The van der Waals surface area contributed by atoms with Crippen molar-refractivity contribution in [1.29, 1.82) is 0 Å². The molecule has 0 heterocycles. The van der Waals surface area contributed by atoms with Crippen LogP contribution in [0.15, 0.2) is 23.2 Å². The zero-order chi connectivity index (χ0) is 15.4. The lowest BCUT2D eigenvalue weighted by Gasteiger charge is -2.19.